The van der Waals surface area contributed by atoms with Gasteiger partial charge >= 0.3 is 0 Å². The predicted octanol–water partition coefficient (Wildman–Crippen LogP) is 5.92. The summed E-state index contributed by atoms with van der Waals surface area (Å²) in [6.07, 6.45) is 1.93. The van der Waals surface area contributed by atoms with Gasteiger partial charge in [-0.15, -0.1) is 11.8 Å². The van der Waals surface area contributed by atoms with Crippen molar-refractivity contribution < 1.29 is 5.11 Å². The van der Waals surface area contributed by atoms with Crippen molar-refractivity contribution in [1.82, 2.24) is 4.98 Å². The Morgan fingerprint density at radius 1 is 1.08 bits per heavy atom. The lowest BCUT2D eigenvalue weighted by Crippen LogP contribution is -2.18. The summed E-state index contributed by atoms with van der Waals surface area (Å²) in [5.41, 5.74) is 3.81. The van der Waals surface area contributed by atoms with E-state index in [1.54, 1.807) is 11.8 Å². The van der Waals surface area contributed by atoms with Gasteiger partial charge in [-0.1, -0.05) is 53.8 Å². The number of phenols is 1. The zero-order valence-electron chi connectivity index (χ0n) is 15.4. The number of aromatic amines is 1. The summed E-state index contributed by atoms with van der Waals surface area (Å²) in [4.78, 5) is 3.20. The first kappa shape index (κ1) is 19.1. The van der Waals surface area contributed by atoms with Crippen LogP contribution in [0.1, 0.15) is 63.9 Å². The Morgan fingerprint density at radius 3 is 2.04 bits per heavy atom. The molecule has 0 spiro atoms. The van der Waals surface area contributed by atoms with Crippen LogP contribution in [0.2, 0.25) is 0 Å². The quantitative estimate of drug-likeness (QED) is 0.666. The number of hydrogen-bond acceptors (Lipinski definition) is 3. The average molecular weight is 362 g/mol. The van der Waals surface area contributed by atoms with E-state index in [0.717, 1.165) is 32.3 Å². The molecule has 0 saturated carbocycles. The average Bonchev–Trinajstić information content (AvgIpc) is 2.95. The van der Waals surface area contributed by atoms with Crippen molar-refractivity contribution in [2.24, 2.45) is 0 Å². The van der Waals surface area contributed by atoms with Gasteiger partial charge in [-0.05, 0) is 40.7 Å². The fourth-order valence-corrected chi connectivity index (χ4v) is 3.62. The van der Waals surface area contributed by atoms with E-state index in [0.29, 0.717) is 5.75 Å². The Kier molecular flexibility index (Phi) is 5.50. The van der Waals surface area contributed by atoms with E-state index in [1.165, 1.54) is 0 Å². The number of hydrogen-bond donors (Lipinski definition) is 2. The zero-order valence-corrected chi connectivity index (χ0v) is 17.0. The molecule has 0 unspecified atom stereocenters. The van der Waals surface area contributed by atoms with Crippen molar-refractivity contribution in [3.8, 4) is 5.75 Å². The van der Waals surface area contributed by atoms with E-state index >= 15 is 0 Å². The van der Waals surface area contributed by atoms with E-state index in [2.05, 4.69) is 64.7 Å². The van der Waals surface area contributed by atoms with Crippen LogP contribution in [0.3, 0.4) is 0 Å². The van der Waals surface area contributed by atoms with Gasteiger partial charge in [0.05, 0.1) is 4.20 Å². The van der Waals surface area contributed by atoms with Gasteiger partial charge in [-0.3, -0.25) is 0 Å². The second-order valence-corrected chi connectivity index (χ2v) is 9.84. The van der Waals surface area contributed by atoms with E-state index in [-0.39, 0.29) is 10.8 Å². The van der Waals surface area contributed by atoms with Crippen LogP contribution in [0.15, 0.2) is 30.5 Å². The van der Waals surface area contributed by atoms with Crippen molar-refractivity contribution in [2.75, 3.05) is 0 Å². The van der Waals surface area contributed by atoms with Crippen LogP contribution in [0.25, 0.3) is 0 Å². The van der Waals surface area contributed by atoms with E-state index in [4.69, 9.17) is 12.2 Å². The number of phenolic OH excluding ortho intramolecular Hbond substituents is 1. The lowest BCUT2D eigenvalue weighted by Gasteiger charge is -2.28. The summed E-state index contributed by atoms with van der Waals surface area (Å²) in [6.45, 7) is 12.7. The summed E-state index contributed by atoms with van der Waals surface area (Å²) < 4.78 is 0.862. The second kappa shape index (κ2) is 6.93. The van der Waals surface area contributed by atoms with Crippen LogP contribution in [-0.2, 0) is 16.6 Å². The highest BCUT2D eigenvalue weighted by Crippen LogP contribution is 2.40. The first-order chi connectivity index (χ1) is 11.0. The number of rotatable bonds is 3. The Labute approximate surface area is 155 Å². The molecule has 1 heterocycles. The summed E-state index contributed by atoms with van der Waals surface area (Å²) in [5, 5.41) is 10.8. The molecule has 0 saturated heterocycles. The third kappa shape index (κ3) is 4.42. The predicted molar refractivity (Wildman–Crippen MR) is 109 cm³/mol. The molecule has 2 N–H and O–H groups in total. The summed E-state index contributed by atoms with van der Waals surface area (Å²) in [6, 6.07) is 8.16. The molecule has 0 bridgehead atoms. The lowest BCUT2D eigenvalue weighted by atomic mass is 9.78. The Hall–Kier alpha value is -1.26. The fourth-order valence-electron chi connectivity index (χ4n) is 2.58. The highest BCUT2D eigenvalue weighted by atomic mass is 32.2. The number of H-pyrrole nitrogens is 1. The molecule has 0 aliphatic carbocycles. The molecular formula is C20H27NOS2. The normalized spacial score (nSPS) is 12.4. The van der Waals surface area contributed by atoms with Crippen molar-refractivity contribution in [2.45, 2.75) is 58.1 Å². The van der Waals surface area contributed by atoms with Gasteiger partial charge < -0.3 is 10.1 Å². The van der Waals surface area contributed by atoms with Crippen LogP contribution in [-0.4, -0.2) is 14.3 Å². The highest BCUT2D eigenvalue weighted by Gasteiger charge is 2.27. The standard InChI is InChI=1S/C20H27NOS2/c1-19(2,3)15-10-13(11-16(17(15)22)20(4,5)6)18(23)24-12-14-8-7-9-21-14/h7-11,21-22H,12H2,1-6H3. The summed E-state index contributed by atoms with van der Waals surface area (Å²) in [7, 11) is 0. The fraction of sp³-hybridized carbons (Fsp3) is 0.450. The van der Waals surface area contributed by atoms with Crippen molar-refractivity contribution in [3.63, 3.8) is 0 Å². The number of benzene rings is 1. The summed E-state index contributed by atoms with van der Waals surface area (Å²) >= 11 is 7.32. The first-order valence-corrected chi connectivity index (χ1v) is 9.57. The molecule has 2 nitrogen and oxygen atoms in total. The minimum Gasteiger partial charge on any atom is -0.507 e. The molecule has 1 aromatic heterocycles. The maximum Gasteiger partial charge on any atom is 0.123 e. The monoisotopic (exact) mass is 361 g/mol. The van der Waals surface area contributed by atoms with Crippen molar-refractivity contribution in [3.05, 3.63) is 52.8 Å². The van der Waals surface area contributed by atoms with Crippen LogP contribution in [0, 0.1) is 0 Å². The number of aromatic hydroxyl groups is 1. The van der Waals surface area contributed by atoms with Gasteiger partial charge in [0.2, 0.25) is 0 Å². The molecule has 0 amide bonds. The molecule has 0 fully saturated rings. The molecule has 0 aliphatic heterocycles. The first-order valence-electron chi connectivity index (χ1n) is 8.17. The van der Waals surface area contributed by atoms with E-state index < -0.39 is 0 Å². The number of nitrogens with one attached hydrogen (secondary N) is 1. The Balaban J connectivity index is 2.40. The zero-order chi connectivity index (χ0) is 18.1. The summed E-state index contributed by atoms with van der Waals surface area (Å²) in [5.74, 6) is 1.22. The molecule has 0 aliphatic rings. The smallest absolute Gasteiger partial charge is 0.123 e. The molecule has 0 radical (unpaired) electrons. The second-order valence-electron chi connectivity index (χ2n) is 8.19. The van der Waals surface area contributed by atoms with Crippen LogP contribution < -0.4 is 0 Å². The van der Waals surface area contributed by atoms with Crippen molar-refractivity contribution >= 4 is 28.2 Å². The number of aromatic nitrogens is 1. The third-order valence-corrected chi connectivity index (χ3v) is 5.53. The number of thioether (sulfide) groups is 1. The van der Waals surface area contributed by atoms with Gasteiger partial charge in [0, 0.05) is 28.8 Å². The molecule has 2 rings (SSSR count). The molecule has 24 heavy (non-hydrogen) atoms. The van der Waals surface area contributed by atoms with Gasteiger partial charge in [0.1, 0.15) is 5.75 Å². The van der Waals surface area contributed by atoms with E-state index in [9.17, 15) is 5.11 Å². The maximum atomic E-state index is 10.8. The lowest BCUT2D eigenvalue weighted by molar-refractivity contribution is 0.423. The topological polar surface area (TPSA) is 36.0 Å². The van der Waals surface area contributed by atoms with Crippen molar-refractivity contribution in [1.29, 1.82) is 0 Å². The minimum absolute atomic E-state index is 0.139. The molecule has 2 aromatic rings. The molecule has 0 atom stereocenters. The third-order valence-electron chi connectivity index (χ3n) is 3.98. The largest absolute Gasteiger partial charge is 0.507 e. The molecule has 1 aromatic carbocycles. The van der Waals surface area contributed by atoms with Gasteiger partial charge in [0.25, 0.3) is 0 Å². The SMILES string of the molecule is CC(C)(C)c1cc(C(=S)SCc2ccc[nH]2)cc(C(C)(C)C)c1O. The van der Waals surface area contributed by atoms with Gasteiger partial charge in [0.15, 0.2) is 0 Å². The molecule has 130 valence electrons. The van der Waals surface area contributed by atoms with Gasteiger partial charge in [-0.2, -0.15) is 0 Å². The van der Waals surface area contributed by atoms with Gasteiger partial charge in [-0.25, -0.2) is 0 Å². The number of thiocarbonyl (C=S) groups is 1. The Morgan fingerprint density at radius 2 is 1.62 bits per heavy atom. The Bertz CT molecular complexity index is 684. The van der Waals surface area contributed by atoms with Crippen LogP contribution in [0.4, 0.5) is 0 Å². The minimum atomic E-state index is -0.139. The molecular weight excluding hydrogens is 334 g/mol. The maximum absolute atomic E-state index is 10.8. The highest BCUT2D eigenvalue weighted by molar-refractivity contribution is 8.23. The van der Waals surface area contributed by atoms with E-state index in [1.807, 2.05) is 12.3 Å². The van der Waals surface area contributed by atoms with Crippen LogP contribution in [0.5, 0.6) is 5.75 Å². The van der Waals surface area contributed by atoms with Crippen LogP contribution >= 0.6 is 24.0 Å². The molecule has 4 heteroatoms.